The molecule has 0 spiro atoms. The van der Waals surface area contributed by atoms with E-state index in [-0.39, 0.29) is 11.8 Å². The van der Waals surface area contributed by atoms with Gasteiger partial charge in [-0.05, 0) is 43.4 Å². The number of nitrogens with one attached hydrogen (secondary N) is 1. The van der Waals surface area contributed by atoms with Crippen LogP contribution in [0.5, 0.6) is 0 Å². The van der Waals surface area contributed by atoms with Crippen LogP contribution >= 0.6 is 11.6 Å². The van der Waals surface area contributed by atoms with Crippen LogP contribution in [-0.2, 0) is 15.0 Å². The molecule has 0 atom stereocenters. The van der Waals surface area contributed by atoms with Crippen molar-refractivity contribution in [2.75, 3.05) is 19.6 Å². The molecule has 1 N–H and O–H groups in total. The highest BCUT2D eigenvalue weighted by Gasteiger charge is 2.42. The van der Waals surface area contributed by atoms with Gasteiger partial charge >= 0.3 is 0 Å². The summed E-state index contributed by atoms with van der Waals surface area (Å²) in [5.74, 6) is 0.205. The van der Waals surface area contributed by atoms with Crippen molar-refractivity contribution in [3.05, 3.63) is 34.9 Å². The van der Waals surface area contributed by atoms with Crippen LogP contribution in [0.25, 0.3) is 0 Å². The molecule has 0 unspecified atom stereocenters. The highest BCUT2D eigenvalue weighted by molar-refractivity contribution is 6.30. The molecule has 1 saturated carbocycles. The molecule has 4 nitrogen and oxygen atoms in total. The van der Waals surface area contributed by atoms with Crippen molar-refractivity contribution in [2.24, 2.45) is 0 Å². The lowest BCUT2D eigenvalue weighted by Gasteiger charge is -2.29. The lowest BCUT2D eigenvalue weighted by molar-refractivity contribution is -0.131. The molecule has 0 radical (unpaired) electrons. The molecule has 0 bridgehead atoms. The zero-order valence-electron chi connectivity index (χ0n) is 15.4. The highest BCUT2D eigenvalue weighted by atomic mass is 35.5. The first kappa shape index (κ1) is 19.2. The molecule has 3 rings (SSSR count). The predicted molar refractivity (Wildman–Crippen MR) is 104 cm³/mol. The van der Waals surface area contributed by atoms with Crippen molar-refractivity contribution in [2.45, 2.75) is 63.2 Å². The number of likely N-dealkylation sites (tertiary alicyclic amines) is 1. The maximum absolute atomic E-state index is 13.0. The van der Waals surface area contributed by atoms with Crippen LogP contribution in [0.1, 0.15) is 63.4 Å². The minimum atomic E-state index is -0.490. The Hall–Kier alpha value is -1.55. The zero-order valence-corrected chi connectivity index (χ0v) is 16.2. The average molecular weight is 377 g/mol. The van der Waals surface area contributed by atoms with Crippen LogP contribution in [0.2, 0.25) is 5.02 Å². The number of hydrogen-bond donors (Lipinski definition) is 1. The minimum absolute atomic E-state index is 0.0425. The molecule has 26 heavy (non-hydrogen) atoms. The Balaban J connectivity index is 1.58. The Labute approximate surface area is 161 Å². The maximum atomic E-state index is 13.0. The Kier molecular flexibility index (Phi) is 6.58. The topological polar surface area (TPSA) is 49.4 Å². The second-order valence-electron chi connectivity index (χ2n) is 7.60. The number of carbonyl (C=O) groups is 2. The summed E-state index contributed by atoms with van der Waals surface area (Å²) in [7, 11) is 0. The SMILES string of the molecule is O=C(CCNC(=O)C1(c2cccc(Cl)c2)CCCC1)N1CCCCCC1. The number of carbonyl (C=O) groups excluding carboxylic acids is 2. The van der Waals surface area contributed by atoms with Gasteiger partial charge in [-0.1, -0.05) is 49.4 Å². The van der Waals surface area contributed by atoms with Crippen molar-refractivity contribution in [3.63, 3.8) is 0 Å². The average Bonchev–Trinajstić information content (AvgIpc) is 2.98. The van der Waals surface area contributed by atoms with Gasteiger partial charge in [0.1, 0.15) is 0 Å². The van der Waals surface area contributed by atoms with Gasteiger partial charge in [0.05, 0.1) is 5.41 Å². The van der Waals surface area contributed by atoms with E-state index in [0.717, 1.165) is 57.2 Å². The van der Waals surface area contributed by atoms with Gasteiger partial charge in [0.15, 0.2) is 0 Å². The van der Waals surface area contributed by atoms with Gasteiger partial charge < -0.3 is 10.2 Å². The Bertz CT molecular complexity index is 633. The summed E-state index contributed by atoms with van der Waals surface area (Å²) in [5, 5.41) is 3.70. The van der Waals surface area contributed by atoms with E-state index in [1.54, 1.807) is 0 Å². The van der Waals surface area contributed by atoms with E-state index in [1.807, 2.05) is 29.2 Å². The van der Waals surface area contributed by atoms with E-state index in [2.05, 4.69) is 5.32 Å². The summed E-state index contributed by atoms with van der Waals surface area (Å²) in [5.41, 5.74) is 0.509. The third kappa shape index (κ3) is 4.40. The van der Waals surface area contributed by atoms with Gasteiger partial charge in [0, 0.05) is 31.1 Å². The standard InChI is InChI=1S/C21H29ClN2O2/c22-18-9-7-8-17(16-18)21(11-3-4-12-21)20(26)23-13-10-19(25)24-14-5-1-2-6-15-24/h7-9,16H,1-6,10-15H2,(H,23,26). The zero-order chi connectivity index (χ0) is 18.4. The smallest absolute Gasteiger partial charge is 0.230 e. The first-order chi connectivity index (χ1) is 12.6. The van der Waals surface area contributed by atoms with Gasteiger partial charge in [-0.25, -0.2) is 0 Å². The van der Waals surface area contributed by atoms with Crippen molar-refractivity contribution >= 4 is 23.4 Å². The number of hydrogen-bond acceptors (Lipinski definition) is 2. The quantitative estimate of drug-likeness (QED) is 0.842. The highest BCUT2D eigenvalue weighted by Crippen LogP contribution is 2.42. The first-order valence-electron chi connectivity index (χ1n) is 9.94. The second-order valence-corrected chi connectivity index (χ2v) is 8.04. The maximum Gasteiger partial charge on any atom is 0.230 e. The first-order valence-corrected chi connectivity index (χ1v) is 10.3. The summed E-state index contributed by atoms with van der Waals surface area (Å²) in [6, 6.07) is 7.66. The van der Waals surface area contributed by atoms with Gasteiger partial charge in [-0.2, -0.15) is 0 Å². The lowest BCUT2D eigenvalue weighted by atomic mass is 9.78. The van der Waals surface area contributed by atoms with Crippen LogP contribution in [0, 0.1) is 0 Å². The van der Waals surface area contributed by atoms with E-state index in [9.17, 15) is 9.59 Å². The van der Waals surface area contributed by atoms with Gasteiger partial charge in [0.25, 0.3) is 0 Å². The molecule has 1 heterocycles. The fraction of sp³-hybridized carbons (Fsp3) is 0.619. The summed E-state index contributed by atoms with van der Waals surface area (Å²) in [6.07, 6.45) is 8.78. The second kappa shape index (κ2) is 8.90. The van der Waals surface area contributed by atoms with Crippen LogP contribution in [0.4, 0.5) is 0 Å². The van der Waals surface area contributed by atoms with E-state index in [4.69, 9.17) is 11.6 Å². The van der Waals surface area contributed by atoms with Crippen LogP contribution < -0.4 is 5.32 Å². The normalized spacial score (nSPS) is 19.8. The van der Waals surface area contributed by atoms with Crippen molar-refractivity contribution in [3.8, 4) is 0 Å². The van der Waals surface area contributed by atoms with Crippen LogP contribution in [-0.4, -0.2) is 36.3 Å². The number of benzene rings is 1. The number of amides is 2. The molecule has 1 aromatic carbocycles. The molecular weight excluding hydrogens is 348 g/mol. The summed E-state index contributed by atoms with van der Waals surface area (Å²) in [6.45, 7) is 2.13. The fourth-order valence-electron chi connectivity index (χ4n) is 4.34. The van der Waals surface area contributed by atoms with E-state index in [0.29, 0.717) is 18.0 Å². The molecule has 1 aliphatic heterocycles. The van der Waals surface area contributed by atoms with Gasteiger partial charge in [0.2, 0.25) is 11.8 Å². The predicted octanol–water partition coefficient (Wildman–Crippen LogP) is 4.06. The summed E-state index contributed by atoms with van der Waals surface area (Å²) in [4.78, 5) is 27.4. The fourth-order valence-corrected chi connectivity index (χ4v) is 4.53. The molecule has 1 aromatic rings. The van der Waals surface area contributed by atoms with Crippen LogP contribution in [0.15, 0.2) is 24.3 Å². The summed E-state index contributed by atoms with van der Waals surface area (Å²) >= 11 is 6.15. The van der Waals surface area contributed by atoms with E-state index >= 15 is 0 Å². The lowest BCUT2D eigenvalue weighted by Crippen LogP contribution is -2.44. The monoisotopic (exact) mass is 376 g/mol. The summed E-state index contributed by atoms with van der Waals surface area (Å²) < 4.78 is 0. The third-order valence-corrected chi connectivity index (χ3v) is 6.09. The molecule has 2 aliphatic rings. The molecule has 142 valence electrons. The van der Waals surface area contributed by atoms with E-state index < -0.39 is 5.41 Å². The number of halogens is 1. The van der Waals surface area contributed by atoms with Crippen molar-refractivity contribution in [1.29, 1.82) is 0 Å². The Morgan fingerprint density at radius 2 is 1.73 bits per heavy atom. The Morgan fingerprint density at radius 1 is 1.04 bits per heavy atom. The molecule has 1 aliphatic carbocycles. The number of rotatable bonds is 5. The minimum Gasteiger partial charge on any atom is -0.355 e. The molecule has 0 aromatic heterocycles. The Morgan fingerprint density at radius 3 is 2.38 bits per heavy atom. The largest absolute Gasteiger partial charge is 0.355 e. The molecule has 5 heteroatoms. The van der Waals surface area contributed by atoms with E-state index in [1.165, 1.54) is 12.8 Å². The van der Waals surface area contributed by atoms with Gasteiger partial charge in [-0.15, -0.1) is 0 Å². The van der Waals surface area contributed by atoms with Crippen molar-refractivity contribution < 1.29 is 9.59 Å². The number of nitrogens with zero attached hydrogens (tertiary/aromatic N) is 1. The van der Waals surface area contributed by atoms with Gasteiger partial charge in [-0.3, -0.25) is 9.59 Å². The third-order valence-electron chi connectivity index (χ3n) is 5.85. The molecule has 1 saturated heterocycles. The van der Waals surface area contributed by atoms with Crippen LogP contribution in [0.3, 0.4) is 0 Å². The van der Waals surface area contributed by atoms with Crippen molar-refractivity contribution in [1.82, 2.24) is 10.2 Å². The molecular formula is C21H29ClN2O2. The molecule has 2 fully saturated rings. The molecule has 2 amide bonds.